The summed E-state index contributed by atoms with van der Waals surface area (Å²) in [5.74, 6) is -4.71. The zero-order valence-electron chi connectivity index (χ0n) is 17.6. The van der Waals surface area contributed by atoms with E-state index in [0.717, 1.165) is 18.9 Å². The summed E-state index contributed by atoms with van der Waals surface area (Å²) in [5.41, 5.74) is -0.0707. The smallest absolute Gasteiger partial charge is 0.257 e. The van der Waals surface area contributed by atoms with Gasteiger partial charge in [0.1, 0.15) is 5.82 Å². The van der Waals surface area contributed by atoms with Crippen LogP contribution in [0.5, 0.6) is 5.75 Å². The van der Waals surface area contributed by atoms with E-state index >= 15 is 0 Å². The highest BCUT2D eigenvalue weighted by molar-refractivity contribution is 5.93. The van der Waals surface area contributed by atoms with Crippen LogP contribution in [0.1, 0.15) is 37.7 Å². The number of rotatable bonds is 7. The molecule has 32 heavy (non-hydrogen) atoms. The van der Waals surface area contributed by atoms with Gasteiger partial charge in [-0.05, 0) is 31.2 Å². The molecule has 7 nitrogen and oxygen atoms in total. The van der Waals surface area contributed by atoms with Crippen molar-refractivity contribution in [3.63, 3.8) is 0 Å². The molecule has 0 radical (unpaired) electrons. The molecule has 0 spiro atoms. The molecule has 2 unspecified atom stereocenters. The number of amides is 1. The second-order valence-electron chi connectivity index (χ2n) is 8.46. The Morgan fingerprint density at radius 1 is 1.41 bits per heavy atom. The maximum absolute atomic E-state index is 14.6. The third-order valence-electron chi connectivity index (χ3n) is 6.04. The first-order valence-electron chi connectivity index (χ1n) is 10.6. The number of pyridine rings is 2. The van der Waals surface area contributed by atoms with Crippen LogP contribution >= 0.6 is 0 Å². The number of hydrogen-bond acceptors (Lipinski definition) is 5. The van der Waals surface area contributed by atoms with Gasteiger partial charge in [-0.2, -0.15) is 0 Å². The first kappa shape index (κ1) is 22.3. The number of H-pyrrole nitrogens is 1. The van der Waals surface area contributed by atoms with Gasteiger partial charge in [-0.3, -0.25) is 14.5 Å². The van der Waals surface area contributed by atoms with Crippen molar-refractivity contribution < 1.29 is 22.7 Å². The van der Waals surface area contributed by atoms with Gasteiger partial charge in [0.25, 0.3) is 5.92 Å². The fourth-order valence-corrected chi connectivity index (χ4v) is 3.75. The van der Waals surface area contributed by atoms with Crippen molar-refractivity contribution in [2.75, 3.05) is 25.0 Å². The molecular formula is C22H25F3N4O3. The van der Waals surface area contributed by atoms with E-state index in [1.54, 1.807) is 11.8 Å². The number of piperidine rings is 1. The molecule has 0 aromatic carbocycles. The molecule has 1 saturated heterocycles. The molecular weight excluding hydrogens is 425 g/mol. The number of aromatic amines is 1. The Balaban J connectivity index is 1.40. The average Bonchev–Trinajstić information content (AvgIpc) is 3.58. The van der Waals surface area contributed by atoms with Crippen molar-refractivity contribution in [2.24, 2.45) is 5.92 Å². The van der Waals surface area contributed by atoms with Gasteiger partial charge >= 0.3 is 0 Å². The zero-order chi connectivity index (χ0) is 22.9. The monoisotopic (exact) mass is 450 g/mol. The van der Waals surface area contributed by atoms with E-state index in [-0.39, 0.29) is 30.2 Å². The average molecular weight is 450 g/mol. The number of likely N-dealkylation sites (tertiary alicyclic amines) is 1. The van der Waals surface area contributed by atoms with Gasteiger partial charge in [0, 0.05) is 37.8 Å². The number of nitrogens with one attached hydrogen (secondary N) is 2. The van der Waals surface area contributed by atoms with Crippen molar-refractivity contribution in [1.82, 2.24) is 14.9 Å². The number of carbonyl (C=O) groups excluding carboxylic acids is 1. The minimum absolute atomic E-state index is 0.0250. The SMILES string of the molecule is CC(C(=O)Nc1cc(F)c(OCC2CC2)cn1)N1CCC(F)(F)C(c2ccc(=O)[nH]c2)C1. The minimum atomic E-state index is -2.97. The van der Waals surface area contributed by atoms with E-state index in [2.05, 4.69) is 15.3 Å². The van der Waals surface area contributed by atoms with Crippen LogP contribution in [-0.2, 0) is 4.79 Å². The maximum Gasteiger partial charge on any atom is 0.257 e. The lowest BCUT2D eigenvalue weighted by atomic mass is 9.87. The number of halogens is 3. The van der Waals surface area contributed by atoms with Gasteiger partial charge in [-0.1, -0.05) is 6.07 Å². The van der Waals surface area contributed by atoms with Gasteiger partial charge in [0.05, 0.1) is 24.8 Å². The van der Waals surface area contributed by atoms with Crippen molar-refractivity contribution in [2.45, 2.75) is 44.1 Å². The number of carbonyl (C=O) groups is 1. The van der Waals surface area contributed by atoms with Crippen molar-refractivity contribution in [3.05, 3.63) is 52.3 Å². The lowest BCUT2D eigenvalue weighted by Crippen LogP contribution is -2.52. The Morgan fingerprint density at radius 3 is 2.84 bits per heavy atom. The molecule has 10 heteroatoms. The highest BCUT2D eigenvalue weighted by atomic mass is 19.3. The first-order chi connectivity index (χ1) is 15.2. The molecule has 2 fully saturated rings. The van der Waals surface area contributed by atoms with Crippen molar-refractivity contribution >= 4 is 11.7 Å². The van der Waals surface area contributed by atoms with Crippen LogP contribution in [0.4, 0.5) is 19.0 Å². The standard InChI is InChI=1S/C22H25F3N4O3/c1-13(21(31)28-19-8-17(23)18(10-26-19)32-12-14-2-3-14)29-7-6-22(24,25)16(11-29)15-4-5-20(30)27-9-15/h4-5,8-10,13-14,16H,2-3,6-7,11-12H2,1H3,(H,27,30)(H,26,28,31). The summed E-state index contributed by atoms with van der Waals surface area (Å²) in [6, 6.07) is 2.93. The molecule has 1 aliphatic carbocycles. The normalized spacial score (nSPS) is 21.7. The van der Waals surface area contributed by atoms with Gasteiger partial charge in [-0.15, -0.1) is 0 Å². The summed E-state index contributed by atoms with van der Waals surface area (Å²) in [4.78, 5) is 32.1. The largest absolute Gasteiger partial charge is 0.489 e. The van der Waals surface area contributed by atoms with Crippen LogP contribution in [0.3, 0.4) is 0 Å². The van der Waals surface area contributed by atoms with Crippen LogP contribution in [0.25, 0.3) is 0 Å². The van der Waals surface area contributed by atoms with E-state index in [9.17, 15) is 22.8 Å². The van der Waals surface area contributed by atoms with Crippen molar-refractivity contribution in [1.29, 1.82) is 0 Å². The molecule has 2 aromatic rings. The Kier molecular flexibility index (Phi) is 6.23. The highest BCUT2D eigenvalue weighted by Gasteiger charge is 2.46. The summed E-state index contributed by atoms with van der Waals surface area (Å²) in [6.07, 6.45) is 4.24. The number of anilines is 1. The lowest BCUT2D eigenvalue weighted by molar-refractivity contribution is -0.125. The molecule has 2 aliphatic rings. The molecule has 0 bridgehead atoms. The van der Waals surface area contributed by atoms with Gasteiger partial charge in [-0.25, -0.2) is 18.2 Å². The van der Waals surface area contributed by atoms with Crippen LogP contribution in [0, 0.1) is 11.7 Å². The summed E-state index contributed by atoms with van der Waals surface area (Å²) in [6.45, 7) is 2.00. The highest BCUT2D eigenvalue weighted by Crippen LogP contribution is 2.40. The zero-order valence-corrected chi connectivity index (χ0v) is 17.6. The second kappa shape index (κ2) is 8.93. The summed E-state index contributed by atoms with van der Waals surface area (Å²) in [5, 5.41) is 2.54. The van der Waals surface area contributed by atoms with Gasteiger partial charge < -0.3 is 15.0 Å². The summed E-state index contributed by atoms with van der Waals surface area (Å²) >= 11 is 0. The number of alkyl halides is 2. The quantitative estimate of drug-likeness (QED) is 0.677. The lowest BCUT2D eigenvalue weighted by Gasteiger charge is -2.40. The Morgan fingerprint density at radius 2 is 2.19 bits per heavy atom. The van der Waals surface area contributed by atoms with E-state index in [4.69, 9.17) is 4.74 Å². The second-order valence-corrected chi connectivity index (χ2v) is 8.46. The van der Waals surface area contributed by atoms with Crippen LogP contribution in [0.15, 0.2) is 35.4 Å². The molecule has 1 saturated carbocycles. The van der Waals surface area contributed by atoms with E-state index in [0.29, 0.717) is 18.1 Å². The Labute approximate surface area is 183 Å². The molecule has 4 rings (SSSR count). The Bertz CT molecular complexity index is 1020. The molecule has 1 aliphatic heterocycles. The predicted molar refractivity (Wildman–Crippen MR) is 111 cm³/mol. The number of ether oxygens (including phenoxy) is 1. The van der Waals surface area contributed by atoms with E-state index in [1.165, 1.54) is 24.5 Å². The third kappa shape index (κ3) is 5.12. The predicted octanol–water partition coefficient (Wildman–Crippen LogP) is 3.15. The molecule has 2 aromatic heterocycles. The molecule has 1 amide bonds. The molecule has 2 N–H and O–H groups in total. The fourth-order valence-electron chi connectivity index (χ4n) is 3.75. The summed E-state index contributed by atoms with van der Waals surface area (Å²) in [7, 11) is 0. The Hall–Kier alpha value is -2.88. The molecule has 2 atom stereocenters. The van der Waals surface area contributed by atoms with Gasteiger partial charge in [0.2, 0.25) is 11.5 Å². The molecule has 3 heterocycles. The number of aromatic nitrogens is 2. The van der Waals surface area contributed by atoms with Crippen LogP contribution in [-0.4, -0.2) is 52.4 Å². The van der Waals surface area contributed by atoms with Crippen LogP contribution < -0.4 is 15.6 Å². The number of hydrogen-bond donors (Lipinski definition) is 2. The van der Waals surface area contributed by atoms with Crippen LogP contribution in [0.2, 0.25) is 0 Å². The third-order valence-corrected chi connectivity index (χ3v) is 6.04. The van der Waals surface area contributed by atoms with E-state index < -0.39 is 36.0 Å². The van der Waals surface area contributed by atoms with E-state index in [1.807, 2.05) is 0 Å². The first-order valence-corrected chi connectivity index (χ1v) is 10.6. The maximum atomic E-state index is 14.6. The minimum Gasteiger partial charge on any atom is -0.489 e. The fraction of sp³-hybridized carbons (Fsp3) is 0.500. The summed E-state index contributed by atoms with van der Waals surface area (Å²) < 4.78 is 48.7. The topological polar surface area (TPSA) is 87.3 Å². The van der Waals surface area contributed by atoms with Crippen molar-refractivity contribution in [3.8, 4) is 5.75 Å². The number of nitrogens with zero attached hydrogens (tertiary/aromatic N) is 2. The van der Waals surface area contributed by atoms with Gasteiger partial charge in [0.15, 0.2) is 11.6 Å². The molecule has 172 valence electrons.